The molecule has 4 rings (SSSR count). The van der Waals surface area contributed by atoms with Gasteiger partial charge in [0.2, 0.25) is 6.79 Å². The molecule has 6 heteroatoms. The SMILES string of the molecule is COc1cccc(CN(Cc2cc3c(cc2OC)OCO3)CC2CCCO2)c1. The third-order valence-corrected chi connectivity index (χ3v) is 5.20. The molecule has 28 heavy (non-hydrogen) atoms. The molecule has 1 atom stereocenters. The van der Waals surface area contributed by atoms with Gasteiger partial charge in [0.15, 0.2) is 11.5 Å². The van der Waals surface area contributed by atoms with Crippen LogP contribution in [0, 0.1) is 0 Å². The molecule has 1 saturated heterocycles. The van der Waals surface area contributed by atoms with Gasteiger partial charge in [-0.05, 0) is 36.6 Å². The topological polar surface area (TPSA) is 49.4 Å². The number of fused-ring (bicyclic) bond motifs is 1. The van der Waals surface area contributed by atoms with Gasteiger partial charge in [-0.3, -0.25) is 4.90 Å². The Morgan fingerprint density at radius 3 is 2.64 bits per heavy atom. The van der Waals surface area contributed by atoms with Crippen molar-refractivity contribution in [3.8, 4) is 23.0 Å². The molecule has 0 amide bonds. The third-order valence-electron chi connectivity index (χ3n) is 5.20. The van der Waals surface area contributed by atoms with Crippen LogP contribution in [0.5, 0.6) is 23.0 Å². The molecule has 2 aliphatic heterocycles. The second-order valence-corrected chi connectivity index (χ2v) is 7.17. The van der Waals surface area contributed by atoms with Gasteiger partial charge in [0, 0.05) is 37.9 Å². The Kier molecular flexibility index (Phi) is 5.88. The number of methoxy groups -OCH3 is 2. The van der Waals surface area contributed by atoms with E-state index in [1.54, 1.807) is 14.2 Å². The van der Waals surface area contributed by atoms with Crippen molar-refractivity contribution < 1.29 is 23.7 Å². The van der Waals surface area contributed by atoms with E-state index in [-0.39, 0.29) is 12.9 Å². The normalized spacial score (nSPS) is 17.9. The van der Waals surface area contributed by atoms with Gasteiger partial charge in [-0.1, -0.05) is 12.1 Å². The summed E-state index contributed by atoms with van der Waals surface area (Å²) in [6.07, 6.45) is 2.50. The Labute approximate surface area is 165 Å². The fourth-order valence-electron chi connectivity index (χ4n) is 3.81. The summed E-state index contributed by atoms with van der Waals surface area (Å²) in [7, 11) is 3.38. The summed E-state index contributed by atoms with van der Waals surface area (Å²) in [6, 6.07) is 12.1. The van der Waals surface area contributed by atoms with E-state index >= 15 is 0 Å². The molecule has 6 nitrogen and oxygen atoms in total. The molecule has 2 aromatic carbocycles. The van der Waals surface area contributed by atoms with Crippen molar-refractivity contribution in [1.82, 2.24) is 4.90 Å². The highest BCUT2D eigenvalue weighted by Gasteiger charge is 2.23. The highest BCUT2D eigenvalue weighted by molar-refractivity contribution is 5.51. The van der Waals surface area contributed by atoms with Crippen LogP contribution in [-0.2, 0) is 17.8 Å². The Bertz CT molecular complexity index is 804. The molecular formula is C22H27NO5. The van der Waals surface area contributed by atoms with E-state index in [9.17, 15) is 0 Å². The molecule has 0 saturated carbocycles. The van der Waals surface area contributed by atoms with Crippen LogP contribution in [-0.4, -0.2) is 45.2 Å². The molecule has 0 radical (unpaired) electrons. The van der Waals surface area contributed by atoms with E-state index in [2.05, 4.69) is 17.0 Å². The highest BCUT2D eigenvalue weighted by Crippen LogP contribution is 2.38. The van der Waals surface area contributed by atoms with Crippen LogP contribution >= 0.6 is 0 Å². The van der Waals surface area contributed by atoms with Crippen molar-refractivity contribution in [3.05, 3.63) is 47.5 Å². The summed E-state index contributed by atoms with van der Waals surface area (Å²) in [4.78, 5) is 2.39. The van der Waals surface area contributed by atoms with E-state index in [1.165, 1.54) is 5.56 Å². The lowest BCUT2D eigenvalue weighted by Gasteiger charge is -2.26. The van der Waals surface area contributed by atoms with Gasteiger partial charge in [0.25, 0.3) is 0 Å². The zero-order valence-corrected chi connectivity index (χ0v) is 16.5. The molecule has 2 heterocycles. The molecule has 0 bridgehead atoms. The van der Waals surface area contributed by atoms with E-state index in [0.29, 0.717) is 0 Å². The monoisotopic (exact) mass is 385 g/mol. The molecule has 150 valence electrons. The molecular weight excluding hydrogens is 358 g/mol. The van der Waals surface area contributed by atoms with Gasteiger partial charge in [0.05, 0.1) is 20.3 Å². The Morgan fingerprint density at radius 2 is 1.89 bits per heavy atom. The fourth-order valence-corrected chi connectivity index (χ4v) is 3.81. The van der Waals surface area contributed by atoms with Crippen molar-refractivity contribution in [2.75, 3.05) is 34.2 Å². The summed E-state index contributed by atoms with van der Waals surface area (Å²) in [5, 5.41) is 0. The first kappa shape index (κ1) is 18.9. The smallest absolute Gasteiger partial charge is 0.231 e. The summed E-state index contributed by atoms with van der Waals surface area (Å²) < 4.78 is 27.9. The largest absolute Gasteiger partial charge is 0.497 e. The van der Waals surface area contributed by atoms with Gasteiger partial charge in [-0.25, -0.2) is 0 Å². The van der Waals surface area contributed by atoms with E-state index < -0.39 is 0 Å². The van der Waals surface area contributed by atoms with E-state index in [1.807, 2.05) is 24.3 Å². The molecule has 2 aromatic rings. The predicted octanol–water partition coefficient (Wildman–Crippen LogP) is 3.61. The average molecular weight is 385 g/mol. The predicted molar refractivity (Wildman–Crippen MR) is 105 cm³/mol. The molecule has 0 aromatic heterocycles. The summed E-state index contributed by atoms with van der Waals surface area (Å²) in [5.41, 5.74) is 2.28. The van der Waals surface area contributed by atoms with Crippen LogP contribution < -0.4 is 18.9 Å². The first-order valence-corrected chi connectivity index (χ1v) is 9.68. The van der Waals surface area contributed by atoms with Crippen LogP contribution in [0.25, 0.3) is 0 Å². The second-order valence-electron chi connectivity index (χ2n) is 7.17. The number of hydrogen-bond acceptors (Lipinski definition) is 6. The maximum absolute atomic E-state index is 5.89. The van der Waals surface area contributed by atoms with Crippen LogP contribution in [0.2, 0.25) is 0 Å². The maximum atomic E-state index is 5.89. The fraction of sp³-hybridized carbons (Fsp3) is 0.455. The quantitative estimate of drug-likeness (QED) is 0.692. The zero-order chi connectivity index (χ0) is 19.3. The van der Waals surface area contributed by atoms with Crippen LogP contribution in [0.3, 0.4) is 0 Å². The van der Waals surface area contributed by atoms with E-state index in [0.717, 1.165) is 67.6 Å². The first-order chi connectivity index (χ1) is 13.7. The Morgan fingerprint density at radius 1 is 1.04 bits per heavy atom. The minimum Gasteiger partial charge on any atom is -0.497 e. The van der Waals surface area contributed by atoms with E-state index in [4.69, 9.17) is 23.7 Å². The van der Waals surface area contributed by atoms with Crippen molar-refractivity contribution in [3.63, 3.8) is 0 Å². The summed E-state index contributed by atoms with van der Waals surface area (Å²) in [6.45, 7) is 3.51. The number of rotatable bonds is 8. The molecule has 0 N–H and O–H groups in total. The molecule has 1 unspecified atom stereocenters. The molecule has 2 aliphatic rings. The van der Waals surface area contributed by atoms with Gasteiger partial charge in [0.1, 0.15) is 11.5 Å². The lowest BCUT2D eigenvalue weighted by Crippen LogP contribution is -2.31. The molecule has 0 spiro atoms. The summed E-state index contributed by atoms with van der Waals surface area (Å²) in [5.74, 6) is 3.19. The minimum absolute atomic E-state index is 0.255. The van der Waals surface area contributed by atoms with Gasteiger partial charge < -0.3 is 23.7 Å². The van der Waals surface area contributed by atoms with Crippen molar-refractivity contribution in [2.24, 2.45) is 0 Å². The Hall–Kier alpha value is -2.44. The van der Waals surface area contributed by atoms with Crippen molar-refractivity contribution in [2.45, 2.75) is 32.0 Å². The minimum atomic E-state index is 0.255. The number of hydrogen-bond donors (Lipinski definition) is 0. The van der Waals surface area contributed by atoms with Gasteiger partial charge in [-0.2, -0.15) is 0 Å². The second kappa shape index (κ2) is 8.71. The third kappa shape index (κ3) is 4.34. The number of nitrogens with zero attached hydrogens (tertiary/aromatic N) is 1. The highest BCUT2D eigenvalue weighted by atomic mass is 16.7. The Balaban J connectivity index is 1.56. The molecule has 1 fully saturated rings. The lowest BCUT2D eigenvalue weighted by molar-refractivity contribution is 0.0676. The van der Waals surface area contributed by atoms with Crippen LogP contribution in [0.4, 0.5) is 0 Å². The molecule has 0 aliphatic carbocycles. The lowest BCUT2D eigenvalue weighted by atomic mass is 10.1. The van der Waals surface area contributed by atoms with Crippen LogP contribution in [0.15, 0.2) is 36.4 Å². The van der Waals surface area contributed by atoms with Gasteiger partial charge >= 0.3 is 0 Å². The maximum Gasteiger partial charge on any atom is 0.231 e. The van der Waals surface area contributed by atoms with Crippen molar-refractivity contribution >= 4 is 0 Å². The van der Waals surface area contributed by atoms with Crippen LogP contribution in [0.1, 0.15) is 24.0 Å². The van der Waals surface area contributed by atoms with Crippen molar-refractivity contribution in [1.29, 1.82) is 0 Å². The number of benzene rings is 2. The number of ether oxygens (including phenoxy) is 5. The summed E-state index contributed by atoms with van der Waals surface area (Å²) >= 11 is 0. The van der Waals surface area contributed by atoms with Gasteiger partial charge in [-0.15, -0.1) is 0 Å². The standard InChI is InChI=1S/C22H27NO5/c1-24-18-6-3-5-16(9-18)12-23(14-19-7-4-8-26-19)13-17-10-21-22(28-15-27-21)11-20(17)25-2/h3,5-6,9-11,19H,4,7-8,12-15H2,1-2H3. The first-order valence-electron chi connectivity index (χ1n) is 9.68. The average Bonchev–Trinajstić information content (AvgIpc) is 3.38. The zero-order valence-electron chi connectivity index (χ0n) is 16.5.